The predicted molar refractivity (Wildman–Crippen MR) is 63.4 cm³/mol. The summed E-state index contributed by atoms with van der Waals surface area (Å²) in [5.74, 6) is 0.629. The molecule has 16 heavy (non-hydrogen) atoms. The molecule has 0 radical (unpaired) electrons. The summed E-state index contributed by atoms with van der Waals surface area (Å²) in [6.45, 7) is 1.44. The van der Waals surface area contributed by atoms with Crippen LogP contribution in [-0.2, 0) is 11.2 Å². The molecule has 0 aromatic heterocycles. The highest BCUT2D eigenvalue weighted by Crippen LogP contribution is 2.16. The van der Waals surface area contributed by atoms with E-state index in [-0.39, 0.29) is 5.91 Å². The number of methoxy groups -OCH3 is 1. The number of carbonyl (C=O) groups excluding carboxylic acids is 1. The van der Waals surface area contributed by atoms with Crippen LogP contribution in [0.15, 0.2) is 24.3 Å². The molecule has 0 aliphatic carbocycles. The topological polar surface area (TPSA) is 64.3 Å². The van der Waals surface area contributed by atoms with Crippen LogP contribution >= 0.6 is 0 Å². The zero-order valence-electron chi connectivity index (χ0n) is 9.53. The highest BCUT2D eigenvalue weighted by molar-refractivity contribution is 5.73. The molecule has 0 unspecified atom stereocenters. The van der Waals surface area contributed by atoms with Gasteiger partial charge in [-0.05, 0) is 24.6 Å². The Morgan fingerprint density at radius 2 is 2.12 bits per heavy atom. The molecule has 1 aromatic carbocycles. The molecule has 3 N–H and O–H groups in total. The Labute approximate surface area is 95.8 Å². The van der Waals surface area contributed by atoms with Crippen LogP contribution in [0.25, 0.3) is 0 Å². The first-order chi connectivity index (χ1) is 7.74. The third-order valence-corrected chi connectivity index (χ3v) is 2.31. The van der Waals surface area contributed by atoms with E-state index in [0.717, 1.165) is 24.3 Å². The van der Waals surface area contributed by atoms with E-state index in [4.69, 9.17) is 10.5 Å². The number of hydrogen-bond acceptors (Lipinski definition) is 3. The minimum absolute atomic E-state index is 0.273. The van der Waals surface area contributed by atoms with Gasteiger partial charge in [0.25, 0.3) is 0 Å². The lowest BCUT2D eigenvalue weighted by Crippen LogP contribution is -2.23. The quantitative estimate of drug-likeness (QED) is 0.668. The number of nitrogens with one attached hydrogen (secondary N) is 1. The van der Waals surface area contributed by atoms with Crippen molar-refractivity contribution < 1.29 is 9.53 Å². The summed E-state index contributed by atoms with van der Waals surface area (Å²) in [5, 5.41) is 3.16. The van der Waals surface area contributed by atoms with E-state index < -0.39 is 0 Å². The molecular formula is C12H18N2O2. The maximum atomic E-state index is 10.5. The molecule has 88 valence electrons. The second-order valence-corrected chi connectivity index (χ2v) is 3.53. The molecule has 0 fully saturated rings. The molecular weight excluding hydrogens is 204 g/mol. The first-order valence-corrected chi connectivity index (χ1v) is 5.35. The van der Waals surface area contributed by atoms with Gasteiger partial charge < -0.3 is 15.8 Å². The number of benzene rings is 1. The van der Waals surface area contributed by atoms with Gasteiger partial charge in [0.1, 0.15) is 5.75 Å². The van der Waals surface area contributed by atoms with Gasteiger partial charge in [0, 0.05) is 13.0 Å². The normalized spacial score (nSPS) is 10.1. The summed E-state index contributed by atoms with van der Waals surface area (Å²) in [4.78, 5) is 10.5. The number of para-hydroxylation sites is 1. The first kappa shape index (κ1) is 12.5. The molecule has 0 saturated heterocycles. The van der Waals surface area contributed by atoms with Crippen molar-refractivity contribution in [2.75, 3.05) is 20.2 Å². The molecule has 0 atom stereocenters. The molecule has 0 spiro atoms. The molecule has 0 aliphatic rings. The van der Waals surface area contributed by atoms with Crippen molar-refractivity contribution in [3.63, 3.8) is 0 Å². The lowest BCUT2D eigenvalue weighted by molar-refractivity contribution is -0.117. The third-order valence-electron chi connectivity index (χ3n) is 2.31. The molecule has 1 aromatic rings. The number of rotatable bonds is 7. The average molecular weight is 222 g/mol. The summed E-state index contributed by atoms with van der Waals surface area (Å²) >= 11 is 0. The van der Waals surface area contributed by atoms with Crippen LogP contribution in [0, 0.1) is 0 Å². The largest absolute Gasteiger partial charge is 0.496 e. The molecule has 0 heterocycles. The van der Waals surface area contributed by atoms with E-state index in [1.54, 1.807) is 7.11 Å². The standard InChI is InChI=1S/C12H18N2O2/c1-16-11-5-3-2-4-10(11)6-8-14-9-7-12(13)15/h2-5,14H,6-9H2,1H3,(H2,13,15). The summed E-state index contributed by atoms with van der Waals surface area (Å²) in [7, 11) is 1.67. The Balaban J connectivity index is 2.28. The lowest BCUT2D eigenvalue weighted by atomic mass is 10.1. The second-order valence-electron chi connectivity index (χ2n) is 3.53. The number of carbonyl (C=O) groups is 1. The van der Waals surface area contributed by atoms with Gasteiger partial charge in [0.05, 0.1) is 7.11 Å². The average Bonchev–Trinajstić information content (AvgIpc) is 2.29. The summed E-state index contributed by atoms with van der Waals surface area (Å²) < 4.78 is 5.24. The minimum atomic E-state index is -0.273. The highest BCUT2D eigenvalue weighted by Gasteiger charge is 2.00. The second kappa shape index (κ2) is 6.85. The van der Waals surface area contributed by atoms with Gasteiger partial charge in [-0.25, -0.2) is 0 Å². The van der Waals surface area contributed by atoms with Gasteiger partial charge in [-0.2, -0.15) is 0 Å². The number of nitrogens with two attached hydrogens (primary N) is 1. The van der Waals surface area contributed by atoms with Gasteiger partial charge >= 0.3 is 0 Å². The van der Waals surface area contributed by atoms with Gasteiger partial charge in [-0.1, -0.05) is 18.2 Å². The lowest BCUT2D eigenvalue weighted by Gasteiger charge is -2.08. The van der Waals surface area contributed by atoms with Gasteiger partial charge in [0.2, 0.25) is 5.91 Å². The molecule has 4 heteroatoms. The Morgan fingerprint density at radius 1 is 1.38 bits per heavy atom. The maximum Gasteiger partial charge on any atom is 0.218 e. The zero-order valence-corrected chi connectivity index (χ0v) is 9.53. The van der Waals surface area contributed by atoms with E-state index in [2.05, 4.69) is 5.32 Å². The van der Waals surface area contributed by atoms with Crippen LogP contribution in [-0.4, -0.2) is 26.1 Å². The van der Waals surface area contributed by atoms with E-state index in [1.807, 2.05) is 24.3 Å². The van der Waals surface area contributed by atoms with Gasteiger partial charge in [0.15, 0.2) is 0 Å². The zero-order chi connectivity index (χ0) is 11.8. The monoisotopic (exact) mass is 222 g/mol. The smallest absolute Gasteiger partial charge is 0.218 e. The van der Waals surface area contributed by atoms with Crippen LogP contribution in [0.5, 0.6) is 5.75 Å². The van der Waals surface area contributed by atoms with Crippen LogP contribution < -0.4 is 15.8 Å². The van der Waals surface area contributed by atoms with Crippen LogP contribution in [0.2, 0.25) is 0 Å². The van der Waals surface area contributed by atoms with Crippen molar-refractivity contribution in [2.24, 2.45) is 5.73 Å². The molecule has 4 nitrogen and oxygen atoms in total. The van der Waals surface area contributed by atoms with Gasteiger partial charge in [-0.15, -0.1) is 0 Å². The molecule has 0 bridgehead atoms. The number of amides is 1. The van der Waals surface area contributed by atoms with E-state index >= 15 is 0 Å². The SMILES string of the molecule is COc1ccccc1CCNCCC(N)=O. The summed E-state index contributed by atoms with van der Waals surface area (Å²) in [6, 6.07) is 7.91. The van der Waals surface area contributed by atoms with Crippen LogP contribution in [0.3, 0.4) is 0 Å². The number of ether oxygens (including phenoxy) is 1. The molecule has 1 amide bonds. The van der Waals surface area contributed by atoms with Crippen LogP contribution in [0.4, 0.5) is 0 Å². The fourth-order valence-corrected chi connectivity index (χ4v) is 1.47. The minimum Gasteiger partial charge on any atom is -0.496 e. The summed E-state index contributed by atoms with van der Waals surface area (Å²) in [6.07, 6.45) is 1.26. The third kappa shape index (κ3) is 4.31. The van der Waals surface area contributed by atoms with E-state index in [9.17, 15) is 4.79 Å². The fraction of sp³-hybridized carbons (Fsp3) is 0.417. The van der Waals surface area contributed by atoms with Crippen LogP contribution in [0.1, 0.15) is 12.0 Å². The number of hydrogen-bond donors (Lipinski definition) is 2. The number of primary amides is 1. The molecule has 0 aliphatic heterocycles. The predicted octanol–water partition coefficient (Wildman–Crippen LogP) is 0.703. The Kier molecular flexibility index (Phi) is 5.36. The maximum absolute atomic E-state index is 10.5. The van der Waals surface area contributed by atoms with Crippen molar-refractivity contribution in [2.45, 2.75) is 12.8 Å². The Bertz CT molecular complexity index is 340. The molecule has 1 rings (SSSR count). The van der Waals surface area contributed by atoms with E-state index in [0.29, 0.717) is 13.0 Å². The first-order valence-electron chi connectivity index (χ1n) is 5.35. The molecule has 0 saturated carbocycles. The Morgan fingerprint density at radius 3 is 2.81 bits per heavy atom. The van der Waals surface area contributed by atoms with E-state index in [1.165, 1.54) is 0 Å². The van der Waals surface area contributed by atoms with Crippen molar-refractivity contribution in [3.8, 4) is 5.75 Å². The van der Waals surface area contributed by atoms with Gasteiger partial charge in [-0.3, -0.25) is 4.79 Å². The van der Waals surface area contributed by atoms with Crippen molar-refractivity contribution >= 4 is 5.91 Å². The van der Waals surface area contributed by atoms with Crippen molar-refractivity contribution in [1.29, 1.82) is 0 Å². The summed E-state index contributed by atoms with van der Waals surface area (Å²) in [5.41, 5.74) is 6.20. The van der Waals surface area contributed by atoms with Crippen molar-refractivity contribution in [3.05, 3.63) is 29.8 Å². The fourth-order valence-electron chi connectivity index (χ4n) is 1.47. The Hall–Kier alpha value is -1.55. The highest BCUT2D eigenvalue weighted by atomic mass is 16.5. The van der Waals surface area contributed by atoms with Crippen molar-refractivity contribution in [1.82, 2.24) is 5.32 Å².